The number of methoxy groups -OCH3 is 1. The van der Waals surface area contributed by atoms with Crippen molar-refractivity contribution < 1.29 is 23.4 Å². The van der Waals surface area contributed by atoms with Gasteiger partial charge in [0, 0.05) is 34.8 Å². The maximum absolute atomic E-state index is 13.4. The summed E-state index contributed by atoms with van der Waals surface area (Å²) in [7, 11) is -0.459. The van der Waals surface area contributed by atoms with Crippen LogP contribution in [0.15, 0.2) is 85.1 Å². The largest absolute Gasteiger partial charge is 0.487 e. The van der Waals surface area contributed by atoms with Crippen molar-refractivity contribution in [3.05, 3.63) is 113 Å². The molecular weight excluding hydrogens is 617 g/mol. The van der Waals surface area contributed by atoms with E-state index in [1.54, 1.807) is 0 Å². The number of fused-ring (bicyclic) bond motifs is 5. The molecule has 48 heavy (non-hydrogen) atoms. The Bertz CT molecular complexity index is 1890. The van der Waals surface area contributed by atoms with Gasteiger partial charge in [-0.2, -0.15) is 0 Å². The Morgan fingerprint density at radius 3 is 2.15 bits per heavy atom. The Balaban J connectivity index is 1.42. The predicted octanol–water partition coefficient (Wildman–Crippen LogP) is 9.16. The molecule has 3 aromatic carbocycles. The minimum atomic E-state index is -1.84. The molecule has 0 N–H and O–H groups in total. The third-order valence-electron chi connectivity index (χ3n) is 9.82. The van der Waals surface area contributed by atoms with E-state index >= 15 is 0 Å². The highest BCUT2D eigenvalue weighted by molar-refractivity contribution is 6.74. The van der Waals surface area contributed by atoms with Crippen molar-refractivity contribution >= 4 is 25.2 Å². The number of benzene rings is 3. The van der Waals surface area contributed by atoms with E-state index in [0.717, 1.165) is 47.3 Å². The van der Waals surface area contributed by atoms with E-state index in [4.69, 9.17) is 23.6 Å². The number of carbonyl (C=O) groups is 1. The summed E-state index contributed by atoms with van der Waals surface area (Å²) in [6.07, 6.45) is 4.63. The van der Waals surface area contributed by atoms with Crippen molar-refractivity contribution in [3.8, 4) is 22.9 Å². The Labute approximate surface area is 285 Å². The zero-order chi connectivity index (χ0) is 33.9. The molecule has 0 fully saturated rings. The summed E-state index contributed by atoms with van der Waals surface area (Å²) in [6, 6.07) is 26.4. The van der Waals surface area contributed by atoms with Crippen LogP contribution in [0.25, 0.3) is 22.2 Å². The number of hydrogen-bond acceptors (Lipinski definition) is 6. The molecule has 2 heterocycles. The van der Waals surface area contributed by atoms with Gasteiger partial charge in [-0.3, -0.25) is 0 Å². The molecule has 2 aromatic heterocycles. The fourth-order valence-corrected chi connectivity index (χ4v) is 7.15. The molecule has 6 rings (SSSR count). The summed E-state index contributed by atoms with van der Waals surface area (Å²) in [6.45, 7) is 13.4. The molecular formula is C40H46N2O5Si. The van der Waals surface area contributed by atoms with Crippen molar-refractivity contribution in [1.29, 1.82) is 0 Å². The lowest BCUT2D eigenvalue weighted by molar-refractivity contribution is 0.0588. The highest BCUT2D eigenvalue weighted by Crippen LogP contribution is 2.44. The number of nitrogens with zero attached hydrogens (tertiary/aromatic N) is 2. The van der Waals surface area contributed by atoms with Gasteiger partial charge in [-0.1, -0.05) is 87.5 Å². The van der Waals surface area contributed by atoms with Gasteiger partial charge < -0.3 is 23.2 Å². The van der Waals surface area contributed by atoms with Gasteiger partial charge in [0.15, 0.2) is 13.9 Å². The van der Waals surface area contributed by atoms with Gasteiger partial charge in [0.1, 0.15) is 19.0 Å². The molecule has 0 aliphatic heterocycles. The highest BCUT2D eigenvalue weighted by Gasteiger charge is 2.37. The first-order chi connectivity index (χ1) is 23.1. The average molecular weight is 663 g/mol. The molecule has 0 saturated heterocycles. The molecule has 0 bridgehead atoms. The Morgan fingerprint density at radius 2 is 1.50 bits per heavy atom. The second kappa shape index (κ2) is 14.0. The quantitative estimate of drug-likeness (QED) is 0.104. The highest BCUT2D eigenvalue weighted by atomic mass is 28.4. The molecule has 250 valence electrons. The molecule has 7 nitrogen and oxygen atoms in total. The number of carbonyl (C=O) groups excluding carboxylic acids is 1. The fraction of sp³-hybridized carbons (Fsp3) is 0.350. The summed E-state index contributed by atoms with van der Waals surface area (Å²) in [5.41, 5.74) is 7.35. The zero-order valence-electron chi connectivity index (χ0n) is 29.0. The predicted molar refractivity (Wildman–Crippen MR) is 193 cm³/mol. The minimum absolute atomic E-state index is 0.171. The van der Waals surface area contributed by atoms with Crippen LogP contribution in [0.4, 0.5) is 0 Å². The first kappa shape index (κ1) is 33.5. The van der Waals surface area contributed by atoms with Gasteiger partial charge in [-0.25, -0.2) is 9.78 Å². The van der Waals surface area contributed by atoms with Crippen molar-refractivity contribution in [2.24, 2.45) is 0 Å². The average Bonchev–Trinajstić information content (AvgIpc) is 3.40. The second-order valence-corrected chi connectivity index (χ2v) is 18.8. The molecule has 0 atom stereocenters. The summed E-state index contributed by atoms with van der Waals surface area (Å²) in [5, 5.41) is 1.38. The summed E-state index contributed by atoms with van der Waals surface area (Å²) in [5.74, 6) is 0.154. The number of pyridine rings is 1. The van der Waals surface area contributed by atoms with E-state index in [1.807, 2.05) is 60.7 Å². The maximum Gasteiger partial charge on any atom is 0.347 e. The van der Waals surface area contributed by atoms with Crippen LogP contribution in [-0.2, 0) is 41.8 Å². The SMILES string of the molecule is COC(=O)c1c(OCc2ccccc2)nc2c(c1OCc1ccccc1)CCCc1c-2ccc2c1ccn2CCO[Si](C)(C)C(C)(C)C. The van der Waals surface area contributed by atoms with Crippen LogP contribution >= 0.6 is 0 Å². The van der Waals surface area contributed by atoms with E-state index in [1.165, 1.54) is 23.6 Å². The van der Waals surface area contributed by atoms with E-state index in [2.05, 4.69) is 62.8 Å². The van der Waals surface area contributed by atoms with E-state index in [9.17, 15) is 4.79 Å². The molecule has 5 aromatic rings. The molecule has 0 radical (unpaired) electrons. The van der Waals surface area contributed by atoms with Crippen LogP contribution in [-0.4, -0.2) is 37.6 Å². The van der Waals surface area contributed by atoms with Crippen molar-refractivity contribution in [2.75, 3.05) is 13.7 Å². The summed E-state index contributed by atoms with van der Waals surface area (Å²) in [4.78, 5) is 18.5. The second-order valence-electron chi connectivity index (χ2n) is 14.0. The number of aryl methyl sites for hydroxylation is 1. The van der Waals surface area contributed by atoms with Crippen molar-refractivity contribution in [2.45, 2.75) is 77.9 Å². The lowest BCUT2D eigenvalue weighted by atomic mass is 9.97. The summed E-state index contributed by atoms with van der Waals surface area (Å²) < 4.78 is 27.0. The van der Waals surface area contributed by atoms with Crippen LogP contribution in [0.1, 0.15) is 59.8 Å². The van der Waals surface area contributed by atoms with Gasteiger partial charge in [0.2, 0.25) is 5.88 Å². The molecule has 0 unspecified atom stereocenters. The van der Waals surface area contributed by atoms with Crippen molar-refractivity contribution in [1.82, 2.24) is 9.55 Å². The molecule has 1 aliphatic carbocycles. The zero-order valence-corrected chi connectivity index (χ0v) is 30.0. The maximum atomic E-state index is 13.4. The fourth-order valence-electron chi connectivity index (χ4n) is 6.11. The number of hydrogen-bond donors (Lipinski definition) is 0. The number of ether oxygens (including phenoxy) is 3. The van der Waals surface area contributed by atoms with Gasteiger partial charge in [-0.05, 0) is 66.2 Å². The minimum Gasteiger partial charge on any atom is -0.487 e. The van der Waals surface area contributed by atoms with E-state index < -0.39 is 14.3 Å². The van der Waals surface area contributed by atoms with Crippen LogP contribution in [0.5, 0.6) is 11.6 Å². The molecule has 8 heteroatoms. The van der Waals surface area contributed by atoms with Gasteiger partial charge in [0.25, 0.3) is 0 Å². The van der Waals surface area contributed by atoms with Gasteiger partial charge in [-0.15, -0.1) is 0 Å². The normalized spacial score (nSPS) is 13.0. The molecule has 0 saturated carbocycles. The smallest absolute Gasteiger partial charge is 0.347 e. The Kier molecular flexibility index (Phi) is 9.76. The Hall–Kier alpha value is -4.40. The van der Waals surface area contributed by atoms with Gasteiger partial charge >= 0.3 is 5.97 Å². The topological polar surface area (TPSA) is 71.8 Å². The van der Waals surface area contributed by atoms with Crippen LogP contribution in [0, 0.1) is 0 Å². The van der Waals surface area contributed by atoms with Crippen molar-refractivity contribution in [3.63, 3.8) is 0 Å². The first-order valence-electron chi connectivity index (χ1n) is 16.8. The Morgan fingerprint density at radius 1 is 0.854 bits per heavy atom. The van der Waals surface area contributed by atoms with E-state index in [-0.39, 0.29) is 23.1 Å². The van der Waals surface area contributed by atoms with E-state index in [0.29, 0.717) is 25.4 Å². The lowest BCUT2D eigenvalue weighted by Crippen LogP contribution is -2.41. The number of rotatable bonds is 11. The van der Waals surface area contributed by atoms with Crippen LogP contribution in [0.2, 0.25) is 18.1 Å². The third-order valence-corrected chi connectivity index (χ3v) is 14.4. The monoisotopic (exact) mass is 662 g/mol. The third kappa shape index (κ3) is 6.91. The number of esters is 1. The number of aromatic nitrogens is 2. The van der Waals surface area contributed by atoms with Crippen LogP contribution < -0.4 is 9.47 Å². The van der Waals surface area contributed by atoms with Gasteiger partial charge in [0.05, 0.1) is 19.4 Å². The molecule has 1 aliphatic rings. The lowest BCUT2D eigenvalue weighted by Gasteiger charge is -2.36. The molecule has 0 amide bonds. The van der Waals surface area contributed by atoms with Crippen LogP contribution in [0.3, 0.4) is 0 Å². The standard InChI is InChI=1S/C40H46N2O5Si/c1-40(2,3)48(5,6)47-25-24-42-23-22-31-30-18-13-19-33-36(32(30)20-21-34(31)42)41-38(46-27-29-16-11-8-12-17-29)35(39(43)44-4)37(33)45-26-28-14-9-7-10-15-28/h7-12,14-17,20-23H,13,18-19,24-27H2,1-6H3. The first-order valence-corrected chi connectivity index (χ1v) is 19.7. The summed E-state index contributed by atoms with van der Waals surface area (Å²) >= 11 is 0. The molecule has 0 spiro atoms.